The quantitative estimate of drug-likeness (QED) is 0.573. The Morgan fingerprint density at radius 3 is 3.00 bits per heavy atom. The Kier molecular flexibility index (Phi) is 1.88. The van der Waals surface area contributed by atoms with Crippen LogP contribution in [0.5, 0.6) is 0 Å². The third-order valence-corrected chi connectivity index (χ3v) is 3.30. The highest BCUT2D eigenvalue weighted by atomic mass is 16.6. The monoisotopic (exact) mass is 184 g/mol. The third-order valence-electron chi connectivity index (χ3n) is 3.30. The fourth-order valence-electron chi connectivity index (χ4n) is 2.90. The molecule has 0 spiro atoms. The van der Waals surface area contributed by atoms with Crippen molar-refractivity contribution in [2.45, 2.75) is 45.3 Å². The summed E-state index contributed by atoms with van der Waals surface area (Å²) in [5.74, 6) is 0.339. The van der Waals surface area contributed by atoms with Gasteiger partial charge in [0.25, 0.3) is 0 Å². The number of hydrogen-bond acceptors (Lipinski definition) is 3. The van der Waals surface area contributed by atoms with Gasteiger partial charge in [-0.05, 0) is 18.8 Å². The van der Waals surface area contributed by atoms with Gasteiger partial charge in [0.1, 0.15) is 6.10 Å². The van der Waals surface area contributed by atoms with Crippen molar-refractivity contribution < 1.29 is 14.6 Å². The fraction of sp³-hybridized carbons (Fsp3) is 0.900. The van der Waals surface area contributed by atoms with Gasteiger partial charge < -0.3 is 9.84 Å². The molecule has 4 atom stereocenters. The Morgan fingerprint density at radius 2 is 2.31 bits per heavy atom. The molecule has 1 N–H and O–H groups in total. The highest BCUT2D eigenvalue weighted by Gasteiger charge is 2.52. The van der Waals surface area contributed by atoms with Crippen LogP contribution in [0.15, 0.2) is 0 Å². The van der Waals surface area contributed by atoms with Crippen LogP contribution in [0.4, 0.5) is 0 Å². The second-order valence-corrected chi connectivity index (χ2v) is 4.85. The summed E-state index contributed by atoms with van der Waals surface area (Å²) in [6, 6.07) is 0. The maximum atomic E-state index is 11.1. The highest BCUT2D eigenvalue weighted by Crippen LogP contribution is 2.47. The number of ether oxygens (including phenoxy) is 1. The summed E-state index contributed by atoms with van der Waals surface area (Å²) in [5, 5.41) is 9.76. The molecule has 1 heterocycles. The fourth-order valence-corrected chi connectivity index (χ4v) is 2.90. The summed E-state index contributed by atoms with van der Waals surface area (Å²) >= 11 is 0. The van der Waals surface area contributed by atoms with Crippen molar-refractivity contribution >= 4 is 5.97 Å². The molecule has 1 aliphatic heterocycles. The van der Waals surface area contributed by atoms with Crippen molar-refractivity contribution in [2.75, 3.05) is 0 Å². The Balaban J connectivity index is 2.23. The average Bonchev–Trinajstić information content (AvgIpc) is 2.23. The van der Waals surface area contributed by atoms with E-state index in [2.05, 4.69) is 6.92 Å². The van der Waals surface area contributed by atoms with Gasteiger partial charge in [-0.1, -0.05) is 13.8 Å². The number of aliphatic hydroxyl groups excluding tert-OH is 1. The SMILES string of the molecule is CC1CC(O)[C@@H]2OC(=O)C[C@]2(C)C1. The van der Waals surface area contributed by atoms with Gasteiger partial charge in [-0.2, -0.15) is 0 Å². The summed E-state index contributed by atoms with van der Waals surface area (Å²) in [4.78, 5) is 11.1. The zero-order valence-electron chi connectivity index (χ0n) is 8.12. The molecule has 0 radical (unpaired) electrons. The van der Waals surface area contributed by atoms with E-state index in [0.29, 0.717) is 12.3 Å². The van der Waals surface area contributed by atoms with Gasteiger partial charge in [-0.25, -0.2) is 0 Å². The molecule has 0 aromatic carbocycles. The van der Waals surface area contributed by atoms with Crippen molar-refractivity contribution in [3.63, 3.8) is 0 Å². The lowest BCUT2D eigenvalue weighted by Crippen LogP contribution is -2.44. The molecule has 3 nitrogen and oxygen atoms in total. The summed E-state index contributed by atoms with van der Waals surface area (Å²) in [6.45, 7) is 4.16. The van der Waals surface area contributed by atoms with E-state index in [0.717, 1.165) is 12.8 Å². The second kappa shape index (κ2) is 2.71. The van der Waals surface area contributed by atoms with Gasteiger partial charge in [0, 0.05) is 5.41 Å². The number of carbonyl (C=O) groups excluding carboxylic acids is 1. The molecule has 1 saturated carbocycles. The van der Waals surface area contributed by atoms with Crippen molar-refractivity contribution in [2.24, 2.45) is 11.3 Å². The maximum absolute atomic E-state index is 11.1. The standard InChI is InChI=1S/C10H16O3/c1-6-3-7(11)9-10(2,4-6)5-8(12)13-9/h6-7,9,11H,3-5H2,1-2H3/t6?,7?,9-,10-/m0/s1. The lowest BCUT2D eigenvalue weighted by atomic mass is 9.68. The molecule has 2 rings (SSSR count). The molecule has 1 aliphatic carbocycles. The summed E-state index contributed by atoms with van der Waals surface area (Å²) in [6.07, 6.45) is 1.50. The van der Waals surface area contributed by atoms with E-state index in [1.54, 1.807) is 0 Å². The van der Waals surface area contributed by atoms with Crippen LogP contribution < -0.4 is 0 Å². The van der Waals surface area contributed by atoms with Gasteiger partial charge in [-0.3, -0.25) is 4.79 Å². The molecule has 2 unspecified atom stereocenters. The maximum Gasteiger partial charge on any atom is 0.306 e. The molecule has 0 amide bonds. The Hall–Kier alpha value is -0.570. The van der Waals surface area contributed by atoms with Gasteiger partial charge in [0.2, 0.25) is 0 Å². The molecule has 2 aliphatic rings. The van der Waals surface area contributed by atoms with Gasteiger partial charge in [0.15, 0.2) is 0 Å². The predicted molar refractivity (Wildman–Crippen MR) is 47.0 cm³/mol. The minimum absolute atomic E-state index is 0.117. The Bertz CT molecular complexity index is 238. The van der Waals surface area contributed by atoms with E-state index in [-0.39, 0.29) is 17.5 Å². The second-order valence-electron chi connectivity index (χ2n) is 4.85. The lowest BCUT2D eigenvalue weighted by molar-refractivity contribution is -0.149. The minimum atomic E-state index is -0.458. The predicted octanol–water partition coefficient (Wildman–Crippen LogP) is 1.10. The summed E-state index contributed by atoms with van der Waals surface area (Å²) < 4.78 is 5.14. The van der Waals surface area contributed by atoms with Gasteiger partial charge in [-0.15, -0.1) is 0 Å². The number of fused-ring (bicyclic) bond motifs is 1. The number of esters is 1. The molecule has 2 fully saturated rings. The van der Waals surface area contributed by atoms with Crippen molar-refractivity contribution in [3.05, 3.63) is 0 Å². The van der Waals surface area contributed by atoms with Gasteiger partial charge in [0.05, 0.1) is 12.5 Å². The average molecular weight is 184 g/mol. The molecular weight excluding hydrogens is 168 g/mol. The number of carbonyl (C=O) groups is 1. The first-order valence-corrected chi connectivity index (χ1v) is 4.89. The molecule has 13 heavy (non-hydrogen) atoms. The van der Waals surface area contributed by atoms with Crippen molar-refractivity contribution in [1.82, 2.24) is 0 Å². The van der Waals surface area contributed by atoms with Crippen LogP contribution in [0.3, 0.4) is 0 Å². The van der Waals surface area contributed by atoms with Gasteiger partial charge >= 0.3 is 5.97 Å². The van der Waals surface area contributed by atoms with Crippen molar-refractivity contribution in [1.29, 1.82) is 0 Å². The van der Waals surface area contributed by atoms with E-state index in [9.17, 15) is 9.90 Å². The van der Waals surface area contributed by atoms with E-state index in [1.807, 2.05) is 6.92 Å². The van der Waals surface area contributed by atoms with E-state index in [1.165, 1.54) is 0 Å². The topological polar surface area (TPSA) is 46.5 Å². The zero-order chi connectivity index (χ0) is 9.64. The van der Waals surface area contributed by atoms with Crippen LogP contribution in [-0.4, -0.2) is 23.3 Å². The van der Waals surface area contributed by atoms with Crippen LogP contribution in [0.25, 0.3) is 0 Å². The largest absolute Gasteiger partial charge is 0.459 e. The van der Waals surface area contributed by atoms with Crippen LogP contribution in [0.2, 0.25) is 0 Å². The first kappa shape index (κ1) is 9.00. The number of rotatable bonds is 0. The smallest absolute Gasteiger partial charge is 0.306 e. The Labute approximate surface area is 78.1 Å². The summed E-state index contributed by atoms with van der Waals surface area (Å²) in [7, 11) is 0. The highest BCUT2D eigenvalue weighted by molar-refractivity contribution is 5.73. The molecule has 0 aromatic rings. The molecule has 0 bridgehead atoms. The lowest BCUT2D eigenvalue weighted by Gasteiger charge is -2.39. The van der Waals surface area contributed by atoms with Crippen LogP contribution in [0, 0.1) is 11.3 Å². The minimum Gasteiger partial charge on any atom is -0.459 e. The normalized spacial score (nSPS) is 50.1. The van der Waals surface area contributed by atoms with Crippen LogP contribution in [-0.2, 0) is 9.53 Å². The first-order valence-electron chi connectivity index (χ1n) is 4.89. The van der Waals surface area contributed by atoms with Crippen LogP contribution >= 0.6 is 0 Å². The summed E-state index contributed by atoms with van der Waals surface area (Å²) in [5.41, 5.74) is -0.117. The molecule has 3 heteroatoms. The van der Waals surface area contributed by atoms with Crippen LogP contribution in [0.1, 0.15) is 33.1 Å². The molecule has 0 aromatic heterocycles. The molecular formula is C10H16O3. The first-order chi connectivity index (χ1) is 6.01. The van der Waals surface area contributed by atoms with E-state index in [4.69, 9.17) is 4.74 Å². The number of hydrogen-bond donors (Lipinski definition) is 1. The molecule has 74 valence electrons. The zero-order valence-corrected chi connectivity index (χ0v) is 8.12. The molecule has 1 saturated heterocycles. The third kappa shape index (κ3) is 1.35. The van der Waals surface area contributed by atoms with E-state index < -0.39 is 6.10 Å². The van der Waals surface area contributed by atoms with Crippen molar-refractivity contribution in [3.8, 4) is 0 Å². The van der Waals surface area contributed by atoms with E-state index >= 15 is 0 Å². The Morgan fingerprint density at radius 1 is 1.62 bits per heavy atom. The number of aliphatic hydroxyl groups is 1.